The van der Waals surface area contributed by atoms with Crippen LogP contribution < -0.4 is 0 Å². The van der Waals surface area contributed by atoms with Gasteiger partial charge in [-0.15, -0.1) is 0 Å². The second-order valence-corrected chi connectivity index (χ2v) is 8.22. The SMILES string of the molecule is Cc1c(C(=O)N2CCN(C(=O)OC(C)(C)C)CC2)cnn1-c1ccc(C(F)(F)F)cn1. The molecule has 3 rings (SSSR count). The molecule has 3 heterocycles. The molecule has 2 amide bonds. The van der Waals surface area contributed by atoms with Crippen LogP contribution in [0.15, 0.2) is 24.5 Å². The van der Waals surface area contributed by atoms with Gasteiger partial charge in [-0.2, -0.15) is 18.3 Å². The van der Waals surface area contributed by atoms with Crippen molar-refractivity contribution in [3.8, 4) is 5.82 Å². The maximum absolute atomic E-state index is 12.9. The van der Waals surface area contributed by atoms with Crippen LogP contribution in [0.1, 0.15) is 42.4 Å². The second-order valence-electron chi connectivity index (χ2n) is 8.22. The number of aromatic nitrogens is 3. The van der Waals surface area contributed by atoms with E-state index in [1.807, 2.05) is 0 Å². The molecule has 0 aromatic carbocycles. The molecule has 0 bridgehead atoms. The Bertz CT molecular complexity index is 956. The van der Waals surface area contributed by atoms with Crippen LogP contribution in [-0.4, -0.2) is 68.3 Å². The van der Waals surface area contributed by atoms with Gasteiger partial charge in [-0.25, -0.2) is 14.5 Å². The molecule has 0 radical (unpaired) electrons. The van der Waals surface area contributed by atoms with Crippen molar-refractivity contribution in [2.75, 3.05) is 26.2 Å². The summed E-state index contributed by atoms with van der Waals surface area (Å²) in [4.78, 5) is 32.1. The van der Waals surface area contributed by atoms with Gasteiger partial charge in [0.05, 0.1) is 23.0 Å². The molecule has 2 aromatic rings. The fourth-order valence-corrected chi connectivity index (χ4v) is 3.12. The van der Waals surface area contributed by atoms with Crippen molar-refractivity contribution < 1.29 is 27.5 Å². The molecule has 0 N–H and O–H groups in total. The highest BCUT2D eigenvalue weighted by atomic mass is 19.4. The molecule has 31 heavy (non-hydrogen) atoms. The van der Waals surface area contributed by atoms with Crippen LogP contribution >= 0.6 is 0 Å². The molecule has 1 aliphatic rings. The van der Waals surface area contributed by atoms with Gasteiger partial charge < -0.3 is 14.5 Å². The summed E-state index contributed by atoms with van der Waals surface area (Å²) >= 11 is 0. The smallest absolute Gasteiger partial charge is 0.417 e. The number of nitrogens with zero attached hydrogens (tertiary/aromatic N) is 5. The van der Waals surface area contributed by atoms with Gasteiger partial charge in [0, 0.05) is 32.4 Å². The number of piperazine rings is 1. The predicted molar refractivity (Wildman–Crippen MR) is 105 cm³/mol. The van der Waals surface area contributed by atoms with E-state index in [0.717, 1.165) is 12.3 Å². The Kier molecular flexibility index (Phi) is 5.97. The highest BCUT2D eigenvalue weighted by molar-refractivity contribution is 5.95. The minimum atomic E-state index is -4.48. The van der Waals surface area contributed by atoms with E-state index in [-0.39, 0.29) is 11.7 Å². The molecule has 1 saturated heterocycles. The van der Waals surface area contributed by atoms with Gasteiger partial charge in [0.2, 0.25) is 0 Å². The summed E-state index contributed by atoms with van der Waals surface area (Å²) in [7, 11) is 0. The zero-order valence-corrected chi connectivity index (χ0v) is 17.7. The fourth-order valence-electron chi connectivity index (χ4n) is 3.12. The molecule has 0 unspecified atom stereocenters. The van der Waals surface area contributed by atoms with Crippen LogP contribution in [0, 0.1) is 6.92 Å². The second kappa shape index (κ2) is 8.20. The van der Waals surface area contributed by atoms with Crippen molar-refractivity contribution >= 4 is 12.0 Å². The molecule has 168 valence electrons. The van der Waals surface area contributed by atoms with Gasteiger partial charge in [0.25, 0.3) is 5.91 Å². The number of alkyl halides is 3. The van der Waals surface area contributed by atoms with Gasteiger partial charge in [0.15, 0.2) is 5.82 Å². The summed E-state index contributed by atoms with van der Waals surface area (Å²) < 4.78 is 44.9. The quantitative estimate of drug-likeness (QED) is 0.718. The Hall–Kier alpha value is -3.11. The molecule has 0 atom stereocenters. The van der Waals surface area contributed by atoms with Gasteiger partial charge in [-0.1, -0.05) is 0 Å². The average Bonchev–Trinajstić information content (AvgIpc) is 3.07. The van der Waals surface area contributed by atoms with Gasteiger partial charge in [-0.3, -0.25) is 4.79 Å². The third-order valence-corrected chi connectivity index (χ3v) is 4.75. The number of amides is 2. The Morgan fingerprint density at radius 3 is 2.13 bits per heavy atom. The Morgan fingerprint density at radius 1 is 1.00 bits per heavy atom. The van der Waals surface area contributed by atoms with Gasteiger partial charge in [-0.05, 0) is 39.8 Å². The molecule has 1 aliphatic heterocycles. The molecule has 11 heteroatoms. The number of ether oxygens (including phenoxy) is 1. The zero-order valence-electron chi connectivity index (χ0n) is 17.7. The summed E-state index contributed by atoms with van der Waals surface area (Å²) in [5, 5.41) is 4.12. The first-order valence-electron chi connectivity index (χ1n) is 9.72. The first-order chi connectivity index (χ1) is 14.4. The van der Waals surface area contributed by atoms with Gasteiger partial charge in [0.1, 0.15) is 5.60 Å². The lowest BCUT2D eigenvalue weighted by Crippen LogP contribution is -2.51. The fraction of sp³-hybridized carbons (Fsp3) is 0.500. The van der Waals surface area contributed by atoms with Gasteiger partial charge >= 0.3 is 12.3 Å². The van der Waals surface area contributed by atoms with Crippen LogP contribution in [0.25, 0.3) is 5.82 Å². The van der Waals surface area contributed by atoms with E-state index in [1.54, 1.807) is 37.5 Å². The molecular weight excluding hydrogens is 415 g/mol. The number of carbonyl (C=O) groups is 2. The molecule has 0 aliphatic carbocycles. The number of pyridine rings is 1. The van der Waals surface area contributed by atoms with E-state index in [2.05, 4.69) is 10.1 Å². The first-order valence-corrected chi connectivity index (χ1v) is 9.72. The van der Waals surface area contributed by atoms with E-state index < -0.39 is 23.4 Å². The van der Waals surface area contributed by atoms with Crippen molar-refractivity contribution in [1.82, 2.24) is 24.6 Å². The molecule has 2 aromatic heterocycles. The molecular formula is C20H24F3N5O3. The van der Waals surface area contributed by atoms with Crippen molar-refractivity contribution in [2.24, 2.45) is 0 Å². The summed E-state index contributed by atoms with van der Waals surface area (Å²) in [5.41, 5.74) is -0.665. The third kappa shape index (κ3) is 5.15. The number of hydrogen-bond acceptors (Lipinski definition) is 5. The van der Waals surface area contributed by atoms with Crippen LogP contribution in [0.4, 0.5) is 18.0 Å². The number of carbonyl (C=O) groups excluding carboxylic acids is 2. The predicted octanol–water partition coefficient (Wildman–Crippen LogP) is 3.29. The lowest BCUT2D eigenvalue weighted by molar-refractivity contribution is -0.137. The summed E-state index contributed by atoms with van der Waals surface area (Å²) in [6, 6.07) is 2.12. The Labute approximate surface area is 177 Å². The lowest BCUT2D eigenvalue weighted by Gasteiger charge is -2.35. The lowest BCUT2D eigenvalue weighted by atomic mass is 10.2. The van der Waals surface area contributed by atoms with E-state index in [0.29, 0.717) is 37.4 Å². The highest BCUT2D eigenvalue weighted by Crippen LogP contribution is 2.29. The summed E-state index contributed by atoms with van der Waals surface area (Å²) in [6.07, 6.45) is -2.80. The summed E-state index contributed by atoms with van der Waals surface area (Å²) in [6.45, 7) is 8.37. The first kappa shape index (κ1) is 22.6. The highest BCUT2D eigenvalue weighted by Gasteiger charge is 2.31. The van der Waals surface area contributed by atoms with Crippen LogP contribution in [0.2, 0.25) is 0 Å². The number of halogens is 3. The van der Waals surface area contributed by atoms with E-state index in [9.17, 15) is 22.8 Å². The summed E-state index contributed by atoms with van der Waals surface area (Å²) in [5.74, 6) is -0.0844. The van der Waals surface area contributed by atoms with Crippen molar-refractivity contribution in [1.29, 1.82) is 0 Å². The minimum absolute atomic E-state index is 0.180. The van der Waals surface area contributed by atoms with Crippen molar-refractivity contribution in [3.63, 3.8) is 0 Å². The van der Waals surface area contributed by atoms with E-state index in [4.69, 9.17) is 4.74 Å². The van der Waals surface area contributed by atoms with E-state index >= 15 is 0 Å². The maximum Gasteiger partial charge on any atom is 0.417 e. The van der Waals surface area contributed by atoms with Crippen LogP contribution in [-0.2, 0) is 10.9 Å². The molecule has 0 spiro atoms. The Morgan fingerprint density at radius 2 is 1.61 bits per heavy atom. The minimum Gasteiger partial charge on any atom is -0.444 e. The maximum atomic E-state index is 12.9. The van der Waals surface area contributed by atoms with Crippen LogP contribution in [0.5, 0.6) is 0 Å². The zero-order chi connectivity index (χ0) is 23.0. The molecule has 8 nitrogen and oxygen atoms in total. The molecule has 1 fully saturated rings. The third-order valence-electron chi connectivity index (χ3n) is 4.75. The normalized spacial score (nSPS) is 15.2. The standard InChI is InChI=1S/C20H24F3N5O3/c1-13-15(12-25-28(13)16-6-5-14(11-24-16)20(21,22)23)17(29)26-7-9-27(10-8-26)18(30)31-19(2,3)4/h5-6,11-12H,7-10H2,1-4H3. The monoisotopic (exact) mass is 439 g/mol. The Balaban J connectivity index is 1.68. The molecule has 0 saturated carbocycles. The van der Waals surface area contributed by atoms with Crippen molar-refractivity contribution in [3.05, 3.63) is 41.3 Å². The topological polar surface area (TPSA) is 80.6 Å². The number of rotatable bonds is 2. The van der Waals surface area contributed by atoms with E-state index in [1.165, 1.54) is 16.9 Å². The average molecular weight is 439 g/mol. The van der Waals surface area contributed by atoms with Crippen molar-refractivity contribution in [2.45, 2.75) is 39.5 Å². The largest absolute Gasteiger partial charge is 0.444 e. The number of hydrogen-bond donors (Lipinski definition) is 0. The van der Waals surface area contributed by atoms with Crippen LogP contribution in [0.3, 0.4) is 0 Å².